The van der Waals surface area contributed by atoms with Gasteiger partial charge in [0.1, 0.15) is 0 Å². The molecule has 3 heteroatoms. The lowest BCUT2D eigenvalue weighted by Crippen LogP contribution is -1.99. The summed E-state index contributed by atoms with van der Waals surface area (Å²) in [6.07, 6.45) is 4.45. The number of carbonyl (C=O) groups is 1. The highest BCUT2D eigenvalue weighted by Gasteiger charge is 2.19. The van der Waals surface area contributed by atoms with Crippen LogP contribution in [0.4, 0.5) is 0 Å². The lowest BCUT2D eigenvalue weighted by Gasteiger charge is -2.00. The Bertz CT molecular complexity index is 656. The Labute approximate surface area is 131 Å². The van der Waals surface area contributed by atoms with Crippen LogP contribution < -0.4 is 0 Å². The summed E-state index contributed by atoms with van der Waals surface area (Å²) < 4.78 is 4.89. The van der Waals surface area contributed by atoms with Crippen molar-refractivity contribution in [1.29, 1.82) is 0 Å². The Balaban J connectivity index is 2.58. The second kappa shape index (κ2) is 7.23. The molecule has 0 radical (unpaired) electrons. The molecular weight excluding hydrogens is 276 g/mol. The number of fused-ring (bicyclic) bond motifs is 1. The molecule has 2 rings (SSSR count). The van der Waals surface area contributed by atoms with Gasteiger partial charge in [-0.15, -0.1) is 0 Å². The smallest absolute Gasteiger partial charge is 0.338 e. The van der Waals surface area contributed by atoms with Gasteiger partial charge in [-0.1, -0.05) is 50.3 Å². The zero-order valence-electron chi connectivity index (χ0n) is 13.3. The molecule has 0 unspecified atom stereocenters. The molecule has 2 aliphatic carbocycles. The number of aliphatic hydroxyl groups is 1. The number of esters is 1. The number of hydrogen-bond acceptors (Lipinski definition) is 3. The third-order valence-corrected chi connectivity index (χ3v) is 3.74. The van der Waals surface area contributed by atoms with Gasteiger partial charge in [0.15, 0.2) is 0 Å². The SMILES string of the molecule is COC(=O)c1cc(/C=C\CCO)c2ccc(C(C)C)ccc1-2. The van der Waals surface area contributed by atoms with Crippen molar-refractivity contribution < 1.29 is 14.6 Å². The summed E-state index contributed by atoms with van der Waals surface area (Å²) in [4.78, 5) is 12.0. The number of aliphatic hydroxyl groups excluding tert-OH is 1. The van der Waals surface area contributed by atoms with E-state index in [0.717, 1.165) is 16.7 Å². The molecule has 1 N–H and O–H groups in total. The molecule has 0 bridgehead atoms. The first kappa shape index (κ1) is 16.2. The number of hydrogen-bond donors (Lipinski definition) is 1. The summed E-state index contributed by atoms with van der Waals surface area (Å²) in [5.74, 6) is 0.0931. The van der Waals surface area contributed by atoms with Gasteiger partial charge in [0, 0.05) is 6.61 Å². The van der Waals surface area contributed by atoms with E-state index >= 15 is 0 Å². The number of methoxy groups -OCH3 is 1. The quantitative estimate of drug-likeness (QED) is 0.845. The van der Waals surface area contributed by atoms with E-state index in [0.29, 0.717) is 17.9 Å². The fourth-order valence-corrected chi connectivity index (χ4v) is 2.48. The van der Waals surface area contributed by atoms with Crippen LogP contribution in [0.15, 0.2) is 36.4 Å². The molecule has 3 nitrogen and oxygen atoms in total. The monoisotopic (exact) mass is 298 g/mol. The molecular formula is C19H22O3. The normalized spacial score (nSPS) is 11.5. The molecule has 0 fully saturated rings. The Morgan fingerprint density at radius 1 is 1.23 bits per heavy atom. The molecule has 0 aromatic carbocycles. The lowest BCUT2D eigenvalue weighted by molar-refractivity contribution is 0.0602. The highest BCUT2D eigenvalue weighted by Crippen LogP contribution is 2.34. The maximum absolute atomic E-state index is 12.0. The molecule has 0 aromatic heterocycles. The predicted octanol–water partition coefficient (Wildman–Crippen LogP) is 4.10. The second-order valence-electron chi connectivity index (χ2n) is 5.57. The molecule has 0 aliphatic heterocycles. The lowest BCUT2D eigenvalue weighted by atomic mass is 10.1. The van der Waals surface area contributed by atoms with Crippen molar-refractivity contribution in [2.45, 2.75) is 26.2 Å². The topological polar surface area (TPSA) is 46.5 Å². The number of carbonyl (C=O) groups excluding carboxylic acids is 1. The van der Waals surface area contributed by atoms with Crippen LogP contribution in [0.2, 0.25) is 0 Å². The first-order valence-corrected chi connectivity index (χ1v) is 7.51. The van der Waals surface area contributed by atoms with Gasteiger partial charge in [-0.05, 0) is 40.7 Å². The largest absolute Gasteiger partial charge is 0.465 e. The van der Waals surface area contributed by atoms with Gasteiger partial charge >= 0.3 is 5.97 Å². The third-order valence-electron chi connectivity index (χ3n) is 3.74. The highest BCUT2D eigenvalue weighted by molar-refractivity contribution is 6.01. The van der Waals surface area contributed by atoms with Crippen LogP contribution in [-0.2, 0) is 4.74 Å². The molecule has 2 aliphatic rings. The van der Waals surface area contributed by atoms with Crippen molar-refractivity contribution in [2.75, 3.05) is 13.7 Å². The van der Waals surface area contributed by atoms with Crippen LogP contribution in [-0.4, -0.2) is 24.8 Å². The van der Waals surface area contributed by atoms with Crippen molar-refractivity contribution in [3.05, 3.63) is 53.1 Å². The van der Waals surface area contributed by atoms with E-state index in [4.69, 9.17) is 9.84 Å². The van der Waals surface area contributed by atoms with Crippen molar-refractivity contribution in [3.63, 3.8) is 0 Å². The van der Waals surface area contributed by atoms with Gasteiger partial charge in [-0.3, -0.25) is 0 Å². The van der Waals surface area contributed by atoms with Crippen LogP contribution in [0, 0.1) is 0 Å². The predicted molar refractivity (Wildman–Crippen MR) is 89.2 cm³/mol. The standard InChI is InChI=1S/C19H22O3/c1-13(2)14-7-9-16-15(6-4-5-11-20)12-18(19(21)22-3)17(16)10-8-14/h4,6-10,12-13,20H,5,11H2,1-3H3/b6-4-. The molecule has 0 atom stereocenters. The van der Waals surface area contributed by atoms with Gasteiger partial charge in [0.05, 0.1) is 12.7 Å². The van der Waals surface area contributed by atoms with Crippen LogP contribution >= 0.6 is 0 Å². The summed E-state index contributed by atoms with van der Waals surface area (Å²) in [7, 11) is 1.39. The number of ether oxygens (including phenoxy) is 1. The average molecular weight is 298 g/mol. The van der Waals surface area contributed by atoms with Crippen LogP contribution in [0.1, 0.15) is 47.7 Å². The van der Waals surface area contributed by atoms with E-state index in [1.165, 1.54) is 12.7 Å². The molecule has 0 saturated carbocycles. The number of rotatable bonds is 5. The van der Waals surface area contributed by atoms with Crippen LogP contribution in [0.25, 0.3) is 17.2 Å². The second-order valence-corrected chi connectivity index (χ2v) is 5.57. The highest BCUT2D eigenvalue weighted by atomic mass is 16.5. The van der Waals surface area contributed by atoms with E-state index in [9.17, 15) is 4.79 Å². The van der Waals surface area contributed by atoms with E-state index < -0.39 is 0 Å². The summed E-state index contributed by atoms with van der Waals surface area (Å²) in [6.45, 7) is 4.40. The zero-order chi connectivity index (χ0) is 16.1. The summed E-state index contributed by atoms with van der Waals surface area (Å²) in [6, 6.07) is 10.0. The van der Waals surface area contributed by atoms with E-state index in [2.05, 4.69) is 32.0 Å². The van der Waals surface area contributed by atoms with Crippen molar-refractivity contribution in [1.82, 2.24) is 0 Å². The fourth-order valence-electron chi connectivity index (χ4n) is 2.48. The third kappa shape index (κ3) is 3.37. The van der Waals surface area contributed by atoms with Crippen LogP contribution in [0.3, 0.4) is 0 Å². The molecule has 0 amide bonds. The molecule has 0 saturated heterocycles. The van der Waals surface area contributed by atoms with Gasteiger partial charge in [-0.2, -0.15) is 0 Å². The van der Waals surface area contributed by atoms with Gasteiger partial charge in [0.25, 0.3) is 0 Å². The maximum Gasteiger partial charge on any atom is 0.338 e. The summed E-state index contributed by atoms with van der Waals surface area (Å²) in [5.41, 5.74) is 4.67. The van der Waals surface area contributed by atoms with Crippen LogP contribution in [0.5, 0.6) is 0 Å². The first-order valence-electron chi connectivity index (χ1n) is 7.51. The van der Waals surface area contributed by atoms with E-state index in [1.54, 1.807) is 0 Å². The summed E-state index contributed by atoms with van der Waals surface area (Å²) >= 11 is 0. The maximum atomic E-state index is 12.0. The minimum absolute atomic E-state index is 0.115. The fraction of sp³-hybridized carbons (Fsp3) is 0.316. The van der Waals surface area contributed by atoms with E-state index in [-0.39, 0.29) is 12.6 Å². The van der Waals surface area contributed by atoms with Gasteiger partial charge < -0.3 is 9.84 Å². The molecule has 22 heavy (non-hydrogen) atoms. The Morgan fingerprint density at radius 2 is 1.91 bits per heavy atom. The van der Waals surface area contributed by atoms with Crippen molar-refractivity contribution in [3.8, 4) is 11.1 Å². The van der Waals surface area contributed by atoms with E-state index in [1.807, 2.05) is 24.3 Å². The minimum Gasteiger partial charge on any atom is -0.465 e. The Hall–Kier alpha value is -2.13. The molecule has 0 spiro atoms. The Kier molecular flexibility index (Phi) is 5.34. The Morgan fingerprint density at radius 3 is 2.50 bits per heavy atom. The van der Waals surface area contributed by atoms with Gasteiger partial charge in [-0.25, -0.2) is 4.79 Å². The molecule has 116 valence electrons. The van der Waals surface area contributed by atoms with Crippen molar-refractivity contribution in [2.24, 2.45) is 0 Å². The minimum atomic E-state index is -0.330. The molecule has 0 aromatic rings. The molecule has 0 heterocycles. The zero-order valence-corrected chi connectivity index (χ0v) is 13.3. The van der Waals surface area contributed by atoms with Gasteiger partial charge in [0.2, 0.25) is 0 Å². The average Bonchev–Trinajstić information content (AvgIpc) is 2.70. The summed E-state index contributed by atoms with van der Waals surface area (Å²) in [5, 5.41) is 8.90. The first-order chi connectivity index (χ1) is 10.6. The van der Waals surface area contributed by atoms with Crippen molar-refractivity contribution >= 4 is 12.0 Å².